The minimum Gasteiger partial charge on any atom is -0.375 e. The van der Waals surface area contributed by atoms with Crippen LogP contribution in [0.2, 0.25) is 0 Å². The Labute approximate surface area is 82.1 Å². The van der Waals surface area contributed by atoms with Crippen molar-refractivity contribution in [3.63, 3.8) is 0 Å². The summed E-state index contributed by atoms with van der Waals surface area (Å²) in [6.45, 7) is 14.7. The molecule has 1 nitrogen and oxygen atoms in total. The average molecular weight is 179 g/mol. The molecule has 2 unspecified atom stereocenters. The third-order valence-corrected chi connectivity index (χ3v) is 4.02. The second-order valence-corrected chi connectivity index (χ2v) is 4.53. The van der Waals surface area contributed by atoms with Crippen LogP contribution in [0.5, 0.6) is 0 Å². The summed E-state index contributed by atoms with van der Waals surface area (Å²) in [5.41, 5.74) is 1.91. The van der Waals surface area contributed by atoms with E-state index in [1.807, 2.05) is 6.20 Å². The molecule has 0 aromatic rings. The smallest absolute Gasteiger partial charge is 0.0465 e. The van der Waals surface area contributed by atoms with Crippen LogP contribution in [0.1, 0.15) is 33.6 Å². The summed E-state index contributed by atoms with van der Waals surface area (Å²) in [6.07, 6.45) is 4.19. The SMILES string of the molecule is C=CN(C)C1(C)CC1(C)C(=C)CC. The van der Waals surface area contributed by atoms with E-state index in [1.165, 1.54) is 12.0 Å². The van der Waals surface area contributed by atoms with Crippen LogP contribution in [0.15, 0.2) is 24.9 Å². The average Bonchev–Trinajstić information content (AvgIpc) is 2.69. The second-order valence-electron chi connectivity index (χ2n) is 4.53. The Morgan fingerprint density at radius 1 is 1.54 bits per heavy atom. The monoisotopic (exact) mass is 179 g/mol. The molecular formula is C12H21N. The van der Waals surface area contributed by atoms with Gasteiger partial charge < -0.3 is 4.90 Å². The Morgan fingerprint density at radius 3 is 2.46 bits per heavy atom. The van der Waals surface area contributed by atoms with Crippen molar-refractivity contribution in [1.82, 2.24) is 4.90 Å². The van der Waals surface area contributed by atoms with E-state index in [0.29, 0.717) is 5.41 Å². The molecule has 0 N–H and O–H groups in total. The molecule has 1 saturated carbocycles. The van der Waals surface area contributed by atoms with Gasteiger partial charge in [-0.1, -0.05) is 32.6 Å². The Balaban J connectivity index is 2.80. The maximum absolute atomic E-state index is 4.16. The van der Waals surface area contributed by atoms with Gasteiger partial charge in [0.2, 0.25) is 0 Å². The van der Waals surface area contributed by atoms with E-state index in [9.17, 15) is 0 Å². The van der Waals surface area contributed by atoms with Gasteiger partial charge in [-0.3, -0.25) is 0 Å². The largest absolute Gasteiger partial charge is 0.375 e. The number of nitrogens with zero attached hydrogens (tertiary/aromatic N) is 1. The van der Waals surface area contributed by atoms with Gasteiger partial charge >= 0.3 is 0 Å². The first-order valence-corrected chi connectivity index (χ1v) is 4.96. The molecule has 0 bridgehead atoms. The normalized spacial score (nSPS) is 36.9. The van der Waals surface area contributed by atoms with Crippen molar-refractivity contribution in [2.45, 2.75) is 39.2 Å². The zero-order valence-electron chi connectivity index (χ0n) is 9.35. The lowest BCUT2D eigenvalue weighted by atomic mass is 9.92. The number of hydrogen-bond acceptors (Lipinski definition) is 1. The molecule has 1 rings (SSSR count). The van der Waals surface area contributed by atoms with Gasteiger partial charge in [-0.25, -0.2) is 0 Å². The molecule has 0 amide bonds. The summed E-state index contributed by atoms with van der Waals surface area (Å²) in [6, 6.07) is 0. The number of rotatable bonds is 4. The molecule has 74 valence electrons. The van der Waals surface area contributed by atoms with Crippen LogP contribution in [0, 0.1) is 5.41 Å². The van der Waals surface area contributed by atoms with Crippen LogP contribution in [-0.2, 0) is 0 Å². The topological polar surface area (TPSA) is 3.24 Å². The molecule has 2 atom stereocenters. The van der Waals surface area contributed by atoms with Crippen LogP contribution in [0.4, 0.5) is 0 Å². The van der Waals surface area contributed by atoms with Gasteiger partial charge in [0.25, 0.3) is 0 Å². The fraction of sp³-hybridized carbons (Fsp3) is 0.667. The summed E-state index contributed by atoms with van der Waals surface area (Å²) in [5.74, 6) is 0. The molecule has 0 spiro atoms. The summed E-state index contributed by atoms with van der Waals surface area (Å²) < 4.78 is 0. The van der Waals surface area contributed by atoms with Crippen molar-refractivity contribution in [1.29, 1.82) is 0 Å². The molecule has 0 heterocycles. The molecular weight excluding hydrogens is 158 g/mol. The van der Waals surface area contributed by atoms with E-state index in [2.05, 4.69) is 45.9 Å². The molecule has 0 aliphatic heterocycles. The van der Waals surface area contributed by atoms with Crippen molar-refractivity contribution in [3.05, 3.63) is 24.9 Å². The zero-order chi connectivity index (χ0) is 10.3. The first kappa shape index (κ1) is 10.4. The zero-order valence-corrected chi connectivity index (χ0v) is 9.35. The third-order valence-electron chi connectivity index (χ3n) is 4.02. The van der Waals surface area contributed by atoms with E-state index in [1.54, 1.807) is 0 Å². The summed E-state index contributed by atoms with van der Waals surface area (Å²) >= 11 is 0. The predicted molar refractivity (Wildman–Crippen MR) is 58.5 cm³/mol. The first-order valence-electron chi connectivity index (χ1n) is 4.96. The van der Waals surface area contributed by atoms with Gasteiger partial charge in [-0.05, 0) is 26.0 Å². The maximum atomic E-state index is 4.16. The van der Waals surface area contributed by atoms with Gasteiger partial charge in [0.1, 0.15) is 0 Å². The van der Waals surface area contributed by atoms with Crippen LogP contribution in [0.3, 0.4) is 0 Å². The molecule has 1 heteroatoms. The summed E-state index contributed by atoms with van der Waals surface area (Å²) in [4.78, 5) is 2.22. The predicted octanol–water partition coefficient (Wildman–Crippen LogP) is 3.20. The third kappa shape index (κ3) is 1.21. The lowest BCUT2D eigenvalue weighted by molar-refractivity contribution is 0.279. The minimum atomic E-state index is 0.252. The van der Waals surface area contributed by atoms with Gasteiger partial charge in [0.05, 0.1) is 0 Å². The molecule has 13 heavy (non-hydrogen) atoms. The molecule has 1 fully saturated rings. The lowest BCUT2D eigenvalue weighted by Gasteiger charge is -2.29. The molecule has 1 aliphatic carbocycles. The van der Waals surface area contributed by atoms with E-state index in [0.717, 1.165) is 6.42 Å². The van der Waals surface area contributed by atoms with Gasteiger partial charge in [-0.2, -0.15) is 0 Å². The Kier molecular flexibility index (Phi) is 2.31. The van der Waals surface area contributed by atoms with E-state index >= 15 is 0 Å². The Bertz CT molecular complexity index is 244. The molecule has 0 saturated heterocycles. The summed E-state index contributed by atoms with van der Waals surface area (Å²) in [5, 5.41) is 0. The Hall–Kier alpha value is -0.720. The van der Waals surface area contributed by atoms with Gasteiger partial charge in [-0.15, -0.1) is 0 Å². The highest BCUT2D eigenvalue weighted by molar-refractivity contribution is 5.32. The van der Waals surface area contributed by atoms with Crippen LogP contribution >= 0.6 is 0 Å². The van der Waals surface area contributed by atoms with Crippen molar-refractivity contribution >= 4 is 0 Å². The van der Waals surface area contributed by atoms with Crippen LogP contribution in [-0.4, -0.2) is 17.5 Å². The molecule has 0 aromatic heterocycles. The highest BCUT2D eigenvalue weighted by Gasteiger charge is 2.63. The quantitative estimate of drug-likeness (QED) is 0.599. The fourth-order valence-electron chi connectivity index (χ4n) is 2.26. The minimum absolute atomic E-state index is 0.252. The van der Waals surface area contributed by atoms with E-state index in [4.69, 9.17) is 0 Å². The fourth-order valence-corrected chi connectivity index (χ4v) is 2.26. The Morgan fingerprint density at radius 2 is 2.08 bits per heavy atom. The number of hydrogen-bond donors (Lipinski definition) is 0. The van der Waals surface area contributed by atoms with Crippen molar-refractivity contribution in [2.75, 3.05) is 7.05 Å². The van der Waals surface area contributed by atoms with Crippen molar-refractivity contribution in [2.24, 2.45) is 5.41 Å². The van der Waals surface area contributed by atoms with Crippen LogP contribution in [0.25, 0.3) is 0 Å². The standard InChI is InChI=1S/C12H21N/c1-7-10(3)11(4)9-12(11,5)13(6)8-2/h8H,2-3,7,9H2,1,4-6H3. The van der Waals surface area contributed by atoms with Gasteiger partial charge in [0, 0.05) is 18.0 Å². The van der Waals surface area contributed by atoms with E-state index < -0.39 is 0 Å². The highest BCUT2D eigenvalue weighted by atomic mass is 15.2. The van der Waals surface area contributed by atoms with Crippen molar-refractivity contribution < 1.29 is 0 Å². The molecule has 0 radical (unpaired) electrons. The summed E-state index contributed by atoms with van der Waals surface area (Å²) in [7, 11) is 2.10. The second kappa shape index (κ2) is 2.90. The van der Waals surface area contributed by atoms with E-state index in [-0.39, 0.29) is 5.54 Å². The molecule has 0 aromatic carbocycles. The maximum Gasteiger partial charge on any atom is 0.0465 e. The highest BCUT2D eigenvalue weighted by Crippen LogP contribution is 2.63. The van der Waals surface area contributed by atoms with Crippen molar-refractivity contribution in [3.8, 4) is 0 Å². The van der Waals surface area contributed by atoms with Crippen LogP contribution < -0.4 is 0 Å². The molecule has 1 aliphatic rings. The van der Waals surface area contributed by atoms with Gasteiger partial charge in [0.15, 0.2) is 0 Å². The first-order chi connectivity index (χ1) is 5.92. The lowest BCUT2D eigenvalue weighted by Crippen LogP contribution is -2.31.